The highest BCUT2D eigenvalue weighted by molar-refractivity contribution is 9.10. The van der Waals surface area contributed by atoms with Crippen molar-refractivity contribution in [3.05, 3.63) is 46.1 Å². The van der Waals surface area contributed by atoms with Crippen LogP contribution in [0.3, 0.4) is 0 Å². The second-order valence-electron chi connectivity index (χ2n) is 3.95. The van der Waals surface area contributed by atoms with Crippen LogP contribution in [-0.4, -0.2) is 0 Å². The second kappa shape index (κ2) is 4.44. The average Bonchev–Trinajstić information content (AvgIpc) is 2.71. The van der Waals surface area contributed by atoms with E-state index in [1.165, 1.54) is 5.56 Å². The fourth-order valence-electron chi connectivity index (χ4n) is 1.50. The lowest BCUT2D eigenvalue weighted by atomic mass is 10.1. The molecule has 2 rings (SSSR count). The van der Waals surface area contributed by atoms with Crippen LogP contribution >= 0.6 is 15.9 Å². The van der Waals surface area contributed by atoms with Crippen molar-refractivity contribution in [1.82, 2.24) is 0 Å². The first-order valence-electron chi connectivity index (χ1n) is 5.20. The highest BCUT2D eigenvalue weighted by Crippen LogP contribution is 2.28. The van der Waals surface area contributed by atoms with Gasteiger partial charge in [-0.3, -0.25) is 0 Å². The second-order valence-corrected chi connectivity index (χ2v) is 4.81. The number of furan rings is 1. The van der Waals surface area contributed by atoms with Crippen LogP contribution in [0.5, 0.6) is 0 Å². The summed E-state index contributed by atoms with van der Waals surface area (Å²) in [6, 6.07) is 9.97. The zero-order valence-electron chi connectivity index (χ0n) is 9.33. The van der Waals surface area contributed by atoms with E-state index in [-0.39, 0.29) is 6.04 Å². The van der Waals surface area contributed by atoms with E-state index in [1.807, 2.05) is 25.1 Å². The Morgan fingerprint density at radius 1 is 1.25 bits per heavy atom. The Morgan fingerprint density at radius 2 is 2.00 bits per heavy atom. The predicted octanol–water partition coefficient (Wildman–Crippen LogP) is 4.04. The molecule has 0 bridgehead atoms. The topological polar surface area (TPSA) is 39.2 Å². The van der Waals surface area contributed by atoms with Gasteiger partial charge < -0.3 is 10.2 Å². The average molecular weight is 280 g/mol. The molecule has 0 aliphatic rings. The molecule has 1 heterocycles. The molecule has 1 aromatic carbocycles. The minimum atomic E-state index is -0.0670. The zero-order chi connectivity index (χ0) is 11.7. The van der Waals surface area contributed by atoms with Crippen LogP contribution in [0.25, 0.3) is 11.3 Å². The first-order chi connectivity index (χ1) is 7.58. The fourth-order valence-corrected chi connectivity index (χ4v) is 1.88. The summed E-state index contributed by atoms with van der Waals surface area (Å²) in [7, 11) is 0. The maximum atomic E-state index is 5.76. The highest BCUT2D eigenvalue weighted by Gasteiger charge is 2.08. The molecule has 0 saturated carbocycles. The highest BCUT2D eigenvalue weighted by atomic mass is 79.9. The Bertz CT molecular complexity index is 502. The third kappa shape index (κ3) is 2.20. The minimum Gasteiger partial charge on any atom is -0.459 e. The van der Waals surface area contributed by atoms with Crippen LogP contribution in [-0.2, 0) is 0 Å². The molecular formula is C13H14BrNO. The number of hydrogen-bond donors (Lipinski definition) is 1. The van der Waals surface area contributed by atoms with Gasteiger partial charge in [-0.1, -0.05) is 28.1 Å². The van der Waals surface area contributed by atoms with E-state index in [1.54, 1.807) is 0 Å². The summed E-state index contributed by atoms with van der Waals surface area (Å²) >= 11 is 3.51. The van der Waals surface area contributed by atoms with Crippen molar-refractivity contribution in [2.45, 2.75) is 19.9 Å². The lowest BCUT2D eigenvalue weighted by molar-refractivity contribution is 0.491. The molecule has 0 aliphatic heterocycles. The smallest absolute Gasteiger partial charge is 0.134 e. The first-order valence-corrected chi connectivity index (χ1v) is 5.99. The van der Waals surface area contributed by atoms with Crippen LogP contribution in [0.15, 0.2) is 39.2 Å². The van der Waals surface area contributed by atoms with Crippen molar-refractivity contribution in [1.29, 1.82) is 0 Å². The van der Waals surface area contributed by atoms with Gasteiger partial charge in [-0.05, 0) is 37.6 Å². The van der Waals surface area contributed by atoms with Gasteiger partial charge in [0, 0.05) is 10.0 Å². The molecule has 1 unspecified atom stereocenters. The van der Waals surface area contributed by atoms with Gasteiger partial charge in [0.05, 0.1) is 6.04 Å². The monoisotopic (exact) mass is 279 g/mol. The summed E-state index contributed by atoms with van der Waals surface area (Å²) < 4.78 is 6.77. The van der Waals surface area contributed by atoms with Gasteiger partial charge in [0.2, 0.25) is 0 Å². The van der Waals surface area contributed by atoms with Crippen molar-refractivity contribution in [2.24, 2.45) is 5.73 Å². The van der Waals surface area contributed by atoms with Crippen molar-refractivity contribution in [3.8, 4) is 11.3 Å². The van der Waals surface area contributed by atoms with Crippen LogP contribution in [0.4, 0.5) is 0 Å². The Labute approximate surface area is 104 Å². The summed E-state index contributed by atoms with van der Waals surface area (Å²) in [5.74, 6) is 1.67. The summed E-state index contributed by atoms with van der Waals surface area (Å²) in [4.78, 5) is 0. The maximum absolute atomic E-state index is 5.76. The number of rotatable bonds is 2. The molecule has 1 aromatic heterocycles. The van der Waals surface area contributed by atoms with Gasteiger partial charge in [-0.2, -0.15) is 0 Å². The molecule has 0 aliphatic carbocycles. The molecular weight excluding hydrogens is 266 g/mol. The van der Waals surface area contributed by atoms with Gasteiger partial charge in [0.1, 0.15) is 11.5 Å². The third-order valence-corrected chi connectivity index (χ3v) is 3.39. The normalized spacial score (nSPS) is 12.8. The standard InChI is InChI=1S/C13H14BrNO/c1-8-3-4-10(7-11(8)14)13-6-5-12(16-13)9(2)15/h3-7,9H,15H2,1-2H3. The van der Waals surface area contributed by atoms with Gasteiger partial charge >= 0.3 is 0 Å². The molecule has 0 spiro atoms. The minimum absolute atomic E-state index is 0.0670. The van der Waals surface area contributed by atoms with Crippen molar-refractivity contribution >= 4 is 15.9 Å². The van der Waals surface area contributed by atoms with E-state index in [9.17, 15) is 0 Å². The fraction of sp³-hybridized carbons (Fsp3) is 0.231. The van der Waals surface area contributed by atoms with Crippen LogP contribution in [0.1, 0.15) is 24.3 Å². The largest absolute Gasteiger partial charge is 0.459 e. The van der Waals surface area contributed by atoms with E-state index in [0.29, 0.717) is 0 Å². The Hall–Kier alpha value is -1.06. The molecule has 1 atom stereocenters. The predicted molar refractivity (Wildman–Crippen MR) is 69.2 cm³/mol. The van der Waals surface area contributed by atoms with Crippen molar-refractivity contribution < 1.29 is 4.42 Å². The van der Waals surface area contributed by atoms with E-state index in [4.69, 9.17) is 10.2 Å². The van der Waals surface area contributed by atoms with Crippen LogP contribution < -0.4 is 5.73 Å². The molecule has 0 fully saturated rings. The lowest BCUT2D eigenvalue weighted by Crippen LogP contribution is -2.02. The number of nitrogens with two attached hydrogens (primary N) is 1. The summed E-state index contributed by atoms with van der Waals surface area (Å²) in [6.45, 7) is 3.97. The Balaban J connectivity index is 2.39. The van der Waals surface area contributed by atoms with E-state index in [2.05, 4.69) is 35.0 Å². The molecule has 84 valence electrons. The third-order valence-electron chi connectivity index (χ3n) is 2.53. The maximum Gasteiger partial charge on any atom is 0.134 e. The number of hydrogen-bond acceptors (Lipinski definition) is 2. The summed E-state index contributed by atoms with van der Waals surface area (Å²) in [6.07, 6.45) is 0. The molecule has 0 radical (unpaired) electrons. The molecule has 3 heteroatoms. The van der Waals surface area contributed by atoms with Gasteiger partial charge in [0.15, 0.2) is 0 Å². The van der Waals surface area contributed by atoms with Crippen LogP contribution in [0.2, 0.25) is 0 Å². The molecule has 2 nitrogen and oxygen atoms in total. The SMILES string of the molecule is Cc1ccc(-c2ccc(C(C)N)o2)cc1Br. The summed E-state index contributed by atoms with van der Waals surface area (Å²) in [5.41, 5.74) is 8.03. The lowest BCUT2D eigenvalue weighted by Gasteiger charge is -2.02. The first kappa shape index (κ1) is 11.4. The number of aryl methyl sites for hydroxylation is 1. The van der Waals surface area contributed by atoms with Crippen molar-refractivity contribution in [3.63, 3.8) is 0 Å². The van der Waals surface area contributed by atoms with Gasteiger partial charge in [0.25, 0.3) is 0 Å². The summed E-state index contributed by atoms with van der Waals surface area (Å²) in [5, 5.41) is 0. The van der Waals surface area contributed by atoms with Crippen molar-refractivity contribution in [2.75, 3.05) is 0 Å². The Kier molecular flexibility index (Phi) is 3.17. The zero-order valence-corrected chi connectivity index (χ0v) is 10.9. The quantitative estimate of drug-likeness (QED) is 0.901. The van der Waals surface area contributed by atoms with Gasteiger partial charge in [-0.25, -0.2) is 0 Å². The van der Waals surface area contributed by atoms with E-state index in [0.717, 1.165) is 21.6 Å². The number of benzene rings is 1. The molecule has 16 heavy (non-hydrogen) atoms. The molecule has 0 saturated heterocycles. The molecule has 2 N–H and O–H groups in total. The van der Waals surface area contributed by atoms with E-state index >= 15 is 0 Å². The van der Waals surface area contributed by atoms with Crippen LogP contribution in [0, 0.1) is 6.92 Å². The molecule has 2 aromatic rings. The Morgan fingerprint density at radius 3 is 2.56 bits per heavy atom. The van der Waals surface area contributed by atoms with Gasteiger partial charge in [-0.15, -0.1) is 0 Å². The van der Waals surface area contributed by atoms with E-state index < -0.39 is 0 Å². The molecule has 0 amide bonds. The number of halogens is 1.